The van der Waals surface area contributed by atoms with Gasteiger partial charge in [0.25, 0.3) is 0 Å². The van der Waals surface area contributed by atoms with Crippen molar-refractivity contribution in [1.82, 2.24) is 10.2 Å². The van der Waals surface area contributed by atoms with Crippen LogP contribution in [0.15, 0.2) is 0 Å². The Balaban J connectivity index is 2.40. The first kappa shape index (κ1) is 13.4. The maximum atomic E-state index is 11.8. The molecule has 0 aromatic carbocycles. The van der Waals surface area contributed by atoms with Crippen molar-refractivity contribution in [2.45, 2.75) is 25.8 Å². The van der Waals surface area contributed by atoms with Crippen LogP contribution >= 0.6 is 0 Å². The molecule has 16 heavy (non-hydrogen) atoms. The van der Waals surface area contributed by atoms with Gasteiger partial charge < -0.3 is 10.2 Å². The SMILES string of the molecule is CCS(=O)(=O)CCN(C)C(=O)C1CCCN1. The van der Waals surface area contributed by atoms with E-state index in [0.29, 0.717) is 0 Å². The third-order valence-corrected chi connectivity index (χ3v) is 4.60. The second-order valence-electron chi connectivity index (χ2n) is 4.15. The van der Waals surface area contributed by atoms with Gasteiger partial charge in [-0.1, -0.05) is 6.92 Å². The number of rotatable bonds is 5. The maximum absolute atomic E-state index is 11.8. The molecule has 5 nitrogen and oxygen atoms in total. The highest BCUT2D eigenvalue weighted by atomic mass is 32.2. The van der Waals surface area contributed by atoms with Gasteiger partial charge in [-0.15, -0.1) is 0 Å². The van der Waals surface area contributed by atoms with Crippen molar-refractivity contribution >= 4 is 15.7 Å². The minimum Gasteiger partial charge on any atom is -0.343 e. The van der Waals surface area contributed by atoms with E-state index >= 15 is 0 Å². The lowest BCUT2D eigenvalue weighted by Gasteiger charge is -2.20. The highest BCUT2D eigenvalue weighted by Crippen LogP contribution is 2.07. The summed E-state index contributed by atoms with van der Waals surface area (Å²) < 4.78 is 22.6. The average Bonchev–Trinajstić information content (AvgIpc) is 2.78. The fourth-order valence-electron chi connectivity index (χ4n) is 1.69. The van der Waals surface area contributed by atoms with Crippen molar-refractivity contribution in [2.75, 3.05) is 31.6 Å². The van der Waals surface area contributed by atoms with Crippen molar-refractivity contribution in [3.05, 3.63) is 0 Å². The van der Waals surface area contributed by atoms with Crippen molar-refractivity contribution in [2.24, 2.45) is 0 Å². The van der Waals surface area contributed by atoms with Crippen LogP contribution in [0.4, 0.5) is 0 Å². The molecule has 1 fully saturated rings. The van der Waals surface area contributed by atoms with Crippen LogP contribution in [0.25, 0.3) is 0 Å². The second-order valence-corrected chi connectivity index (χ2v) is 6.62. The average molecular weight is 248 g/mol. The Morgan fingerprint density at radius 3 is 2.69 bits per heavy atom. The zero-order chi connectivity index (χ0) is 12.2. The summed E-state index contributed by atoms with van der Waals surface area (Å²) in [6.45, 7) is 2.78. The Morgan fingerprint density at radius 2 is 2.19 bits per heavy atom. The first-order chi connectivity index (χ1) is 7.46. The van der Waals surface area contributed by atoms with E-state index in [1.807, 2.05) is 0 Å². The second kappa shape index (κ2) is 5.63. The molecule has 1 aliphatic heterocycles. The number of sulfone groups is 1. The van der Waals surface area contributed by atoms with Crippen LogP contribution in [0.1, 0.15) is 19.8 Å². The van der Waals surface area contributed by atoms with Gasteiger partial charge in [-0.2, -0.15) is 0 Å². The van der Waals surface area contributed by atoms with Crippen LogP contribution in [0.3, 0.4) is 0 Å². The van der Waals surface area contributed by atoms with Gasteiger partial charge in [-0.3, -0.25) is 4.79 Å². The minimum absolute atomic E-state index is 0.00352. The van der Waals surface area contributed by atoms with Crippen LogP contribution in [0.5, 0.6) is 0 Å². The lowest BCUT2D eigenvalue weighted by Crippen LogP contribution is -2.43. The molecule has 94 valence electrons. The summed E-state index contributed by atoms with van der Waals surface area (Å²) in [6.07, 6.45) is 1.86. The Kier molecular flexibility index (Phi) is 4.73. The topological polar surface area (TPSA) is 66.5 Å². The number of carbonyl (C=O) groups is 1. The van der Waals surface area contributed by atoms with E-state index in [4.69, 9.17) is 0 Å². The third kappa shape index (κ3) is 3.75. The highest BCUT2D eigenvalue weighted by Gasteiger charge is 2.25. The lowest BCUT2D eigenvalue weighted by molar-refractivity contribution is -0.131. The van der Waals surface area contributed by atoms with E-state index in [1.165, 1.54) is 4.90 Å². The molecular formula is C10H20N2O3S. The molecule has 0 aromatic heterocycles. The van der Waals surface area contributed by atoms with Gasteiger partial charge in [0.1, 0.15) is 0 Å². The summed E-state index contributed by atoms with van der Waals surface area (Å²) in [5.74, 6) is 0.193. The fraction of sp³-hybridized carbons (Fsp3) is 0.900. The molecule has 6 heteroatoms. The molecular weight excluding hydrogens is 228 g/mol. The molecule has 0 saturated carbocycles. The first-order valence-corrected chi connectivity index (χ1v) is 7.47. The van der Waals surface area contributed by atoms with Gasteiger partial charge in [-0.05, 0) is 19.4 Å². The Morgan fingerprint density at radius 1 is 1.50 bits per heavy atom. The quantitative estimate of drug-likeness (QED) is 0.721. The van der Waals surface area contributed by atoms with Gasteiger partial charge >= 0.3 is 0 Å². The zero-order valence-electron chi connectivity index (χ0n) is 9.90. The van der Waals surface area contributed by atoms with Gasteiger partial charge in [-0.25, -0.2) is 8.42 Å². The van der Waals surface area contributed by atoms with Crippen molar-refractivity contribution in [3.63, 3.8) is 0 Å². The normalized spacial score (nSPS) is 21.0. The lowest BCUT2D eigenvalue weighted by atomic mass is 10.2. The monoisotopic (exact) mass is 248 g/mol. The van der Waals surface area contributed by atoms with E-state index in [2.05, 4.69) is 5.32 Å². The Hall–Kier alpha value is -0.620. The van der Waals surface area contributed by atoms with Crippen LogP contribution in [-0.2, 0) is 14.6 Å². The number of nitrogens with zero attached hydrogens (tertiary/aromatic N) is 1. The molecule has 1 atom stereocenters. The molecule has 0 aliphatic carbocycles. The molecule has 1 saturated heterocycles. The first-order valence-electron chi connectivity index (χ1n) is 5.65. The summed E-state index contributed by atoms with van der Waals surface area (Å²) in [5.41, 5.74) is 0. The fourth-order valence-corrected chi connectivity index (χ4v) is 2.53. The number of amides is 1. The van der Waals surface area contributed by atoms with Crippen molar-refractivity contribution < 1.29 is 13.2 Å². The van der Waals surface area contributed by atoms with Crippen molar-refractivity contribution in [3.8, 4) is 0 Å². The third-order valence-electron chi connectivity index (χ3n) is 2.91. The summed E-state index contributed by atoms with van der Waals surface area (Å²) in [6, 6.07) is -0.116. The maximum Gasteiger partial charge on any atom is 0.239 e. The van der Waals surface area contributed by atoms with E-state index in [0.717, 1.165) is 19.4 Å². The largest absolute Gasteiger partial charge is 0.343 e. The molecule has 0 spiro atoms. The molecule has 1 rings (SSSR count). The van der Waals surface area contributed by atoms with Crippen LogP contribution < -0.4 is 5.32 Å². The molecule has 1 amide bonds. The van der Waals surface area contributed by atoms with Gasteiger partial charge in [0.2, 0.25) is 5.91 Å². The van der Waals surface area contributed by atoms with Crippen LogP contribution in [0.2, 0.25) is 0 Å². The summed E-state index contributed by atoms with van der Waals surface area (Å²) in [5, 5.41) is 3.11. The molecule has 1 aliphatic rings. The molecule has 1 N–H and O–H groups in total. The zero-order valence-corrected chi connectivity index (χ0v) is 10.7. The standard InChI is InChI=1S/C10H20N2O3S/c1-3-16(14,15)8-7-12(2)10(13)9-5-4-6-11-9/h9,11H,3-8H2,1-2H3. The molecule has 0 bridgehead atoms. The number of hydrogen-bond donors (Lipinski definition) is 1. The van der Waals surface area contributed by atoms with Gasteiger partial charge in [0.05, 0.1) is 11.8 Å². The number of likely N-dealkylation sites (N-methyl/N-ethyl adjacent to an activating group) is 1. The Bertz CT molecular complexity index is 334. The van der Waals surface area contributed by atoms with E-state index < -0.39 is 9.84 Å². The molecule has 1 heterocycles. The van der Waals surface area contributed by atoms with Gasteiger partial charge in [0, 0.05) is 19.3 Å². The highest BCUT2D eigenvalue weighted by molar-refractivity contribution is 7.91. The minimum atomic E-state index is -2.99. The number of hydrogen-bond acceptors (Lipinski definition) is 4. The summed E-state index contributed by atoms with van der Waals surface area (Å²) in [7, 11) is -1.33. The predicted molar refractivity (Wildman–Crippen MR) is 63.0 cm³/mol. The number of nitrogens with one attached hydrogen (secondary N) is 1. The smallest absolute Gasteiger partial charge is 0.239 e. The summed E-state index contributed by atoms with van der Waals surface area (Å²) in [4.78, 5) is 13.3. The van der Waals surface area contributed by atoms with Gasteiger partial charge in [0.15, 0.2) is 9.84 Å². The molecule has 0 radical (unpaired) electrons. The summed E-state index contributed by atoms with van der Waals surface area (Å²) >= 11 is 0. The van der Waals surface area contributed by atoms with E-state index in [9.17, 15) is 13.2 Å². The Labute approximate surface area is 97.1 Å². The predicted octanol–water partition coefficient (Wildman–Crippen LogP) is -0.368. The van der Waals surface area contributed by atoms with E-state index in [-0.39, 0.29) is 30.0 Å². The molecule has 0 aromatic rings. The van der Waals surface area contributed by atoms with E-state index in [1.54, 1.807) is 14.0 Å². The van der Waals surface area contributed by atoms with Crippen LogP contribution in [-0.4, -0.2) is 56.9 Å². The van der Waals surface area contributed by atoms with Crippen LogP contribution in [0, 0.1) is 0 Å². The molecule has 1 unspecified atom stereocenters. The number of carbonyl (C=O) groups excluding carboxylic acids is 1. The van der Waals surface area contributed by atoms with Crippen molar-refractivity contribution in [1.29, 1.82) is 0 Å².